The minimum Gasteiger partial charge on any atom is -0.450 e. The summed E-state index contributed by atoms with van der Waals surface area (Å²) in [5.74, 6) is 0.343. The number of carbonyl (C=O) groups is 1. The molecule has 1 N–H and O–H groups in total. The Hall–Kier alpha value is -3.08. The number of rotatable bonds is 5. The predicted molar refractivity (Wildman–Crippen MR) is 83.3 cm³/mol. The molecule has 0 spiro atoms. The normalized spacial score (nSPS) is 10.2. The lowest BCUT2D eigenvalue weighted by Crippen LogP contribution is -2.16. The minimum atomic E-state index is -0.635. The van der Waals surface area contributed by atoms with E-state index in [9.17, 15) is 15.0 Å². The SMILES string of the molecule is CCOC(=O)Nc1c(C#N)c2ccc([N+](=O)OC)cc2n1CC. The fourth-order valence-electron chi connectivity index (χ4n) is 2.39. The molecule has 0 unspecified atom stereocenters. The van der Waals surface area contributed by atoms with E-state index in [1.54, 1.807) is 29.7 Å². The van der Waals surface area contributed by atoms with Crippen molar-refractivity contribution in [3.8, 4) is 6.07 Å². The maximum atomic E-state index is 11.7. The zero-order valence-electron chi connectivity index (χ0n) is 13.1. The maximum absolute atomic E-state index is 11.7. The van der Waals surface area contributed by atoms with Crippen LogP contribution in [0.25, 0.3) is 10.9 Å². The second kappa shape index (κ2) is 6.79. The Morgan fingerprint density at radius 2 is 2.17 bits per heavy atom. The topological polar surface area (TPSA) is 96.4 Å². The first-order chi connectivity index (χ1) is 11.1. The highest BCUT2D eigenvalue weighted by atomic mass is 16.8. The first-order valence-electron chi connectivity index (χ1n) is 7.08. The van der Waals surface area contributed by atoms with Gasteiger partial charge in [-0.2, -0.15) is 5.26 Å². The van der Waals surface area contributed by atoms with Crippen LogP contribution in [0.3, 0.4) is 0 Å². The highest BCUT2D eigenvalue weighted by molar-refractivity contribution is 5.98. The number of aryl methyl sites for hydroxylation is 1. The van der Waals surface area contributed by atoms with E-state index in [0.717, 1.165) is 0 Å². The Bertz CT molecular complexity index is 804. The molecule has 0 fully saturated rings. The minimum absolute atomic E-state index is 0.225. The van der Waals surface area contributed by atoms with Gasteiger partial charge in [-0.1, -0.05) is 0 Å². The second-order valence-corrected chi connectivity index (χ2v) is 4.57. The van der Waals surface area contributed by atoms with Crippen LogP contribution >= 0.6 is 0 Å². The number of nitrogens with one attached hydrogen (secondary N) is 1. The largest absolute Gasteiger partial charge is 0.450 e. The number of hydrogen-bond acceptors (Lipinski definition) is 5. The van der Waals surface area contributed by atoms with Crippen LogP contribution in [0.2, 0.25) is 0 Å². The van der Waals surface area contributed by atoms with Crippen molar-refractivity contribution >= 4 is 28.5 Å². The van der Waals surface area contributed by atoms with Crippen molar-refractivity contribution in [1.82, 2.24) is 4.57 Å². The summed E-state index contributed by atoms with van der Waals surface area (Å²) in [4.78, 5) is 28.3. The Balaban J connectivity index is 2.64. The van der Waals surface area contributed by atoms with Crippen molar-refractivity contribution in [2.45, 2.75) is 20.4 Å². The molecule has 0 aliphatic heterocycles. The molecule has 120 valence electrons. The van der Waals surface area contributed by atoms with Crippen molar-refractivity contribution < 1.29 is 19.3 Å². The number of aromatic nitrogens is 1. The molecule has 0 aliphatic rings. The molecule has 1 heterocycles. The zero-order chi connectivity index (χ0) is 17.0. The molecule has 2 rings (SSSR count). The van der Waals surface area contributed by atoms with Gasteiger partial charge in [-0.25, -0.2) is 9.63 Å². The van der Waals surface area contributed by atoms with Crippen LogP contribution < -0.4 is 5.32 Å². The number of ether oxygens (including phenoxy) is 1. The summed E-state index contributed by atoms with van der Waals surface area (Å²) in [6, 6.07) is 6.89. The summed E-state index contributed by atoms with van der Waals surface area (Å²) in [5.41, 5.74) is 1.25. The first kappa shape index (κ1) is 16.3. The number of nitrogens with zero attached hydrogens (tertiary/aromatic N) is 3. The van der Waals surface area contributed by atoms with Crippen LogP contribution in [-0.2, 0) is 16.1 Å². The van der Waals surface area contributed by atoms with E-state index in [2.05, 4.69) is 16.2 Å². The molecular formula is C15H17N4O4+. The van der Waals surface area contributed by atoms with E-state index in [4.69, 9.17) is 4.74 Å². The van der Waals surface area contributed by atoms with Crippen LogP contribution in [0.5, 0.6) is 0 Å². The number of benzene rings is 1. The fraction of sp³-hybridized carbons (Fsp3) is 0.333. The smallest absolute Gasteiger partial charge is 0.412 e. The van der Waals surface area contributed by atoms with Gasteiger partial charge in [0.15, 0.2) is 7.11 Å². The monoisotopic (exact) mass is 317 g/mol. The summed E-state index contributed by atoms with van der Waals surface area (Å²) < 4.78 is 6.60. The quantitative estimate of drug-likeness (QED) is 0.855. The molecule has 0 bridgehead atoms. The van der Waals surface area contributed by atoms with Crippen molar-refractivity contribution in [2.24, 2.45) is 0 Å². The van der Waals surface area contributed by atoms with Crippen molar-refractivity contribution in [3.05, 3.63) is 28.7 Å². The molecule has 0 radical (unpaired) electrons. The third-order valence-corrected chi connectivity index (χ3v) is 3.35. The van der Waals surface area contributed by atoms with E-state index in [1.807, 2.05) is 6.92 Å². The molecule has 1 aromatic carbocycles. The average Bonchev–Trinajstić information content (AvgIpc) is 2.85. The summed E-state index contributed by atoms with van der Waals surface area (Å²) in [7, 11) is 1.27. The lowest BCUT2D eigenvalue weighted by molar-refractivity contribution is -0.736. The summed E-state index contributed by atoms with van der Waals surface area (Å²) in [6.07, 6.45) is -0.635. The summed E-state index contributed by atoms with van der Waals surface area (Å²) in [5, 5.41) is 12.7. The zero-order valence-corrected chi connectivity index (χ0v) is 13.1. The molecule has 2 aromatic rings. The van der Waals surface area contributed by atoms with E-state index in [1.165, 1.54) is 7.11 Å². The molecule has 23 heavy (non-hydrogen) atoms. The Labute approximate surface area is 132 Å². The Kier molecular flexibility index (Phi) is 4.81. The number of anilines is 1. The number of amides is 1. The number of carbonyl (C=O) groups excluding carboxylic acids is 1. The fourth-order valence-corrected chi connectivity index (χ4v) is 2.39. The van der Waals surface area contributed by atoms with Crippen molar-refractivity contribution in [3.63, 3.8) is 0 Å². The van der Waals surface area contributed by atoms with Gasteiger partial charge in [0.05, 0.1) is 17.0 Å². The van der Waals surface area contributed by atoms with Gasteiger partial charge in [0, 0.05) is 24.1 Å². The number of fused-ring (bicyclic) bond motifs is 1. The van der Waals surface area contributed by atoms with Crippen LogP contribution in [0.1, 0.15) is 19.4 Å². The van der Waals surface area contributed by atoms with Gasteiger partial charge in [0.25, 0.3) is 4.92 Å². The molecule has 8 heteroatoms. The molecule has 0 aliphatic carbocycles. The first-order valence-corrected chi connectivity index (χ1v) is 7.08. The highest BCUT2D eigenvalue weighted by Gasteiger charge is 2.22. The van der Waals surface area contributed by atoms with Crippen LogP contribution in [-0.4, -0.2) is 29.3 Å². The molecule has 1 aromatic heterocycles. The van der Waals surface area contributed by atoms with E-state index in [-0.39, 0.29) is 6.61 Å². The third kappa shape index (κ3) is 2.94. The van der Waals surface area contributed by atoms with Gasteiger partial charge < -0.3 is 9.30 Å². The van der Waals surface area contributed by atoms with Gasteiger partial charge in [0.2, 0.25) is 0 Å². The van der Waals surface area contributed by atoms with E-state index in [0.29, 0.717) is 39.4 Å². The van der Waals surface area contributed by atoms with Crippen LogP contribution in [0.4, 0.5) is 16.3 Å². The van der Waals surface area contributed by atoms with Crippen LogP contribution in [0, 0.1) is 16.2 Å². The molecular weight excluding hydrogens is 300 g/mol. The summed E-state index contributed by atoms with van der Waals surface area (Å²) >= 11 is 0. The number of nitriles is 1. The van der Waals surface area contributed by atoms with Gasteiger partial charge in [0.1, 0.15) is 17.5 Å². The standard InChI is InChI=1S/C15H16N4O4/c1-4-18-13-8-10(19(21)22-3)6-7-11(13)12(9-16)14(18)17-15(20)23-5-2/h6-8H,4-5H2,1-3H3/p+1. The third-order valence-electron chi connectivity index (χ3n) is 3.35. The summed E-state index contributed by atoms with van der Waals surface area (Å²) in [6.45, 7) is 4.29. The molecule has 0 atom stereocenters. The van der Waals surface area contributed by atoms with Crippen LogP contribution in [0.15, 0.2) is 18.2 Å². The molecule has 0 saturated carbocycles. The average molecular weight is 317 g/mol. The predicted octanol–water partition coefficient (Wildman–Crippen LogP) is 3.07. The molecule has 8 nitrogen and oxygen atoms in total. The van der Waals surface area contributed by atoms with Crippen molar-refractivity contribution in [2.75, 3.05) is 19.0 Å². The molecule has 1 amide bonds. The maximum Gasteiger partial charge on any atom is 0.412 e. The van der Waals surface area contributed by atoms with Gasteiger partial charge in [-0.15, -0.1) is 0 Å². The lowest BCUT2D eigenvalue weighted by atomic mass is 10.1. The number of hydrogen-bond donors (Lipinski definition) is 1. The van der Waals surface area contributed by atoms with Gasteiger partial charge >= 0.3 is 11.8 Å². The Morgan fingerprint density at radius 3 is 2.74 bits per heavy atom. The van der Waals surface area contributed by atoms with Crippen molar-refractivity contribution in [1.29, 1.82) is 5.26 Å². The highest BCUT2D eigenvalue weighted by Crippen LogP contribution is 2.32. The van der Waals surface area contributed by atoms with E-state index >= 15 is 0 Å². The Morgan fingerprint density at radius 1 is 1.43 bits per heavy atom. The van der Waals surface area contributed by atoms with Gasteiger partial charge in [-0.3, -0.25) is 5.32 Å². The second-order valence-electron chi connectivity index (χ2n) is 4.57. The molecule has 0 saturated heterocycles. The van der Waals surface area contributed by atoms with E-state index < -0.39 is 6.09 Å². The van der Waals surface area contributed by atoms with Gasteiger partial charge in [-0.05, 0) is 19.9 Å². The lowest BCUT2D eigenvalue weighted by Gasteiger charge is -2.09.